The van der Waals surface area contributed by atoms with Crippen molar-refractivity contribution in [2.45, 2.75) is 113 Å². The Kier molecular flexibility index (Phi) is 6.94. The Hall–Kier alpha value is 0.720. The first-order valence-electron chi connectivity index (χ1n) is 10.3. The van der Waals surface area contributed by atoms with Gasteiger partial charge in [-0.2, -0.15) is 0 Å². The van der Waals surface area contributed by atoms with E-state index in [0.29, 0.717) is 0 Å². The summed E-state index contributed by atoms with van der Waals surface area (Å²) in [5.74, 6) is 0.856. The first kappa shape index (κ1) is 17.5. The van der Waals surface area contributed by atoms with Gasteiger partial charge in [-0.1, -0.05) is 72.1 Å². The van der Waals surface area contributed by atoms with Crippen molar-refractivity contribution in [3.05, 3.63) is 0 Å². The fourth-order valence-corrected chi connectivity index (χ4v) is 10.5. The Bertz CT molecular complexity index is 320. The minimum Gasteiger partial charge on any atom is -0.114 e. The second kappa shape index (κ2) is 8.71. The van der Waals surface area contributed by atoms with Gasteiger partial charge in [0.05, 0.1) is 4.62 Å². The second-order valence-corrected chi connectivity index (χ2v) is 12.0. The van der Waals surface area contributed by atoms with Gasteiger partial charge in [-0.3, -0.25) is 0 Å². The number of alkyl halides is 1. The summed E-state index contributed by atoms with van der Waals surface area (Å²) in [4.78, 5) is 0. The van der Waals surface area contributed by atoms with Gasteiger partial charge in [0, 0.05) is 0 Å². The molecule has 0 amide bonds. The first-order valence-corrected chi connectivity index (χ1v) is 12.2. The molecule has 2 saturated carbocycles. The van der Waals surface area contributed by atoms with Crippen molar-refractivity contribution >= 4 is 19.5 Å². The summed E-state index contributed by atoms with van der Waals surface area (Å²) >= 11 is 7.63. The van der Waals surface area contributed by atoms with Crippen LogP contribution >= 0.6 is 19.5 Å². The van der Waals surface area contributed by atoms with E-state index in [9.17, 15) is 0 Å². The third-order valence-electron chi connectivity index (χ3n) is 6.65. The lowest BCUT2D eigenvalue weighted by Gasteiger charge is -2.48. The lowest BCUT2D eigenvalue weighted by Crippen LogP contribution is -2.36. The molecule has 0 aromatic carbocycles. The molecule has 128 valence electrons. The molecule has 0 N–H and O–H groups in total. The summed E-state index contributed by atoms with van der Waals surface area (Å²) < 4.78 is 0.224. The van der Waals surface area contributed by atoms with E-state index in [-0.39, 0.29) is 12.5 Å². The quantitative estimate of drug-likeness (QED) is 0.356. The van der Waals surface area contributed by atoms with Crippen LogP contribution in [0.5, 0.6) is 0 Å². The van der Waals surface area contributed by atoms with Crippen LogP contribution in [0, 0.1) is 5.92 Å². The zero-order valence-electron chi connectivity index (χ0n) is 14.5. The van der Waals surface area contributed by atoms with Gasteiger partial charge >= 0.3 is 0 Å². The molecule has 3 aliphatic rings. The number of halogens is 1. The van der Waals surface area contributed by atoms with E-state index in [1.807, 2.05) is 0 Å². The van der Waals surface area contributed by atoms with Crippen LogP contribution in [0.1, 0.15) is 103 Å². The topological polar surface area (TPSA) is 0 Å². The highest BCUT2D eigenvalue weighted by molar-refractivity contribution is 7.62. The molecule has 3 rings (SSSR count). The van der Waals surface area contributed by atoms with Crippen molar-refractivity contribution in [3.8, 4) is 0 Å². The normalized spacial score (nSPS) is 37.2. The van der Waals surface area contributed by atoms with E-state index in [1.54, 1.807) is 0 Å². The van der Waals surface area contributed by atoms with Crippen LogP contribution in [0.25, 0.3) is 0 Å². The van der Waals surface area contributed by atoms with Gasteiger partial charge in [-0.15, -0.1) is 11.6 Å². The van der Waals surface area contributed by atoms with Crippen LogP contribution in [0.4, 0.5) is 0 Å². The molecule has 1 heterocycles. The molecule has 2 atom stereocenters. The predicted octanol–water partition coefficient (Wildman–Crippen LogP) is 7.67. The molecule has 0 radical (unpaired) electrons. The van der Waals surface area contributed by atoms with Crippen LogP contribution in [-0.2, 0) is 0 Å². The summed E-state index contributed by atoms with van der Waals surface area (Å²) in [5.41, 5.74) is 1.02. The summed E-state index contributed by atoms with van der Waals surface area (Å²) in [6, 6.07) is 0. The molecule has 3 fully saturated rings. The van der Waals surface area contributed by atoms with E-state index >= 15 is 0 Å². The van der Waals surface area contributed by atoms with Crippen LogP contribution < -0.4 is 0 Å². The van der Waals surface area contributed by atoms with E-state index < -0.39 is 0 Å². The number of rotatable bonds is 2. The fourth-order valence-electron chi connectivity index (χ4n) is 5.38. The molecule has 2 heteroatoms. The molecule has 0 bridgehead atoms. The van der Waals surface area contributed by atoms with Gasteiger partial charge in [0.2, 0.25) is 0 Å². The zero-order chi connectivity index (χ0) is 15.3. The first-order chi connectivity index (χ1) is 10.8. The maximum Gasteiger partial charge on any atom is 0.0671 e. The van der Waals surface area contributed by atoms with Gasteiger partial charge in [0.15, 0.2) is 0 Å². The smallest absolute Gasteiger partial charge is 0.0671 e. The van der Waals surface area contributed by atoms with Gasteiger partial charge in [-0.05, 0) is 56.3 Å². The highest BCUT2D eigenvalue weighted by Crippen LogP contribution is 2.66. The van der Waals surface area contributed by atoms with Crippen molar-refractivity contribution in [2.24, 2.45) is 5.92 Å². The van der Waals surface area contributed by atoms with Crippen LogP contribution in [0.2, 0.25) is 0 Å². The molecule has 0 nitrogen and oxygen atoms in total. The van der Waals surface area contributed by atoms with E-state index in [0.717, 1.165) is 11.6 Å². The maximum absolute atomic E-state index is 7.63. The molecule has 22 heavy (non-hydrogen) atoms. The van der Waals surface area contributed by atoms with Gasteiger partial charge in [0.25, 0.3) is 0 Å². The maximum atomic E-state index is 7.63. The Balaban J connectivity index is 1.79. The molecular formula is C20H36ClP. The Morgan fingerprint density at radius 2 is 1.18 bits per heavy atom. The average molecular weight is 343 g/mol. The average Bonchev–Trinajstić information content (AvgIpc) is 2.67. The summed E-state index contributed by atoms with van der Waals surface area (Å²) in [6.07, 6.45) is 24.8. The second-order valence-electron chi connectivity index (χ2n) is 8.16. The van der Waals surface area contributed by atoms with Gasteiger partial charge in [0.1, 0.15) is 0 Å². The predicted molar refractivity (Wildman–Crippen MR) is 102 cm³/mol. The summed E-state index contributed by atoms with van der Waals surface area (Å²) in [6.45, 7) is 0. The van der Waals surface area contributed by atoms with Crippen LogP contribution in [-0.4, -0.2) is 16.4 Å². The van der Waals surface area contributed by atoms with Crippen molar-refractivity contribution in [2.75, 3.05) is 6.16 Å². The minimum absolute atomic E-state index is 0.0465. The van der Waals surface area contributed by atoms with Crippen molar-refractivity contribution < 1.29 is 0 Å². The summed E-state index contributed by atoms with van der Waals surface area (Å²) in [7, 11) is 0.0465. The monoisotopic (exact) mass is 342 g/mol. The lowest BCUT2D eigenvalue weighted by atomic mass is 9.84. The molecule has 0 aromatic rings. The number of hydrogen-bond acceptors (Lipinski definition) is 0. The molecule has 0 spiro atoms. The Labute approximate surface area is 144 Å². The highest BCUT2D eigenvalue weighted by atomic mass is 35.5. The lowest BCUT2D eigenvalue weighted by molar-refractivity contribution is 0.310. The largest absolute Gasteiger partial charge is 0.114 e. The third kappa shape index (κ3) is 4.22. The van der Waals surface area contributed by atoms with Crippen molar-refractivity contribution in [3.63, 3.8) is 0 Å². The van der Waals surface area contributed by atoms with Crippen LogP contribution in [0.3, 0.4) is 0 Å². The van der Waals surface area contributed by atoms with Gasteiger partial charge < -0.3 is 0 Å². The minimum atomic E-state index is 0.0465. The van der Waals surface area contributed by atoms with E-state index in [2.05, 4.69) is 0 Å². The molecule has 1 aliphatic heterocycles. The molecular weight excluding hydrogens is 307 g/mol. The number of hydrogen-bond donors (Lipinski definition) is 0. The Morgan fingerprint density at radius 1 is 0.636 bits per heavy atom. The fraction of sp³-hybridized carbons (Fsp3) is 1.00. The molecule has 1 saturated heterocycles. The van der Waals surface area contributed by atoms with Crippen LogP contribution in [0.15, 0.2) is 0 Å². The zero-order valence-corrected chi connectivity index (χ0v) is 16.2. The highest BCUT2D eigenvalue weighted by Gasteiger charge is 2.46. The standard InChI is InChI=1S/C20H36ClP/c21-20(18-12-6-4-7-13-18)16-10-2-1-3-11-17-22(20)19-14-8-5-9-15-19/h18-19H,1-17H2. The SMILES string of the molecule is ClC1(C2CCCCC2)CCCCCCCP1C1CCCCC1. The third-order valence-corrected chi connectivity index (χ3v) is 11.5. The van der Waals surface area contributed by atoms with E-state index in [4.69, 9.17) is 11.6 Å². The summed E-state index contributed by atoms with van der Waals surface area (Å²) in [5, 5.41) is 0. The molecule has 0 aromatic heterocycles. The van der Waals surface area contributed by atoms with Gasteiger partial charge in [-0.25, -0.2) is 0 Å². The van der Waals surface area contributed by atoms with Crippen molar-refractivity contribution in [1.29, 1.82) is 0 Å². The van der Waals surface area contributed by atoms with E-state index in [1.165, 1.54) is 109 Å². The van der Waals surface area contributed by atoms with Crippen molar-refractivity contribution in [1.82, 2.24) is 0 Å². The Morgan fingerprint density at radius 3 is 1.91 bits per heavy atom. The molecule has 2 aliphatic carbocycles. The molecule has 2 unspecified atom stereocenters.